The maximum Gasteiger partial charge on any atom is 0.310 e. The lowest BCUT2D eigenvalue weighted by Gasteiger charge is -2.35. The Bertz CT molecular complexity index is 603. The van der Waals surface area contributed by atoms with Gasteiger partial charge in [0, 0.05) is 13.7 Å². The van der Waals surface area contributed by atoms with E-state index in [1.165, 1.54) is 7.11 Å². The lowest BCUT2D eigenvalue weighted by atomic mass is 9.90. The number of piperidine rings is 1. The van der Waals surface area contributed by atoms with Gasteiger partial charge >= 0.3 is 5.97 Å². The first-order valence-corrected chi connectivity index (χ1v) is 8.68. The summed E-state index contributed by atoms with van der Waals surface area (Å²) in [6.45, 7) is 3.73. The molecule has 0 aliphatic carbocycles. The number of benzene rings is 1. The number of methoxy groups -OCH3 is 2. The van der Waals surface area contributed by atoms with E-state index < -0.39 is 11.5 Å². The van der Waals surface area contributed by atoms with Crippen LogP contribution in [0.2, 0.25) is 0 Å². The Morgan fingerprint density at radius 3 is 2.54 bits per heavy atom. The highest BCUT2D eigenvalue weighted by atomic mass is 35.5. The molecule has 0 saturated carbocycles. The van der Waals surface area contributed by atoms with Gasteiger partial charge in [-0.05, 0) is 44.8 Å². The van der Waals surface area contributed by atoms with Crippen molar-refractivity contribution in [1.29, 1.82) is 0 Å². The number of rotatable bonds is 7. The molecule has 1 aliphatic heterocycles. The van der Waals surface area contributed by atoms with Crippen LogP contribution >= 0.6 is 12.4 Å². The van der Waals surface area contributed by atoms with Gasteiger partial charge in [0.05, 0.1) is 13.0 Å². The van der Waals surface area contributed by atoms with E-state index in [1.807, 2.05) is 31.2 Å². The molecule has 1 unspecified atom stereocenters. The van der Waals surface area contributed by atoms with Gasteiger partial charge in [0.1, 0.15) is 5.60 Å². The molecule has 2 N–H and O–H groups in total. The van der Waals surface area contributed by atoms with E-state index in [4.69, 9.17) is 9.47 Å². The summed E-state index contributed by atoms with van der Waals surface area (Å²) < 4.78 is 10.4. The van der Waals surface area contributed by atoms with E-state index >= 15 is 0 Å². The summed E-state index contributed by atoms with van der Waals surface area (Å²) in [5, 5.41) is 6.13. The quantitative estimate of drug-likeness (QED) is 0.699. The van der Waals surface area contributed by atoms with Crippen molar-refractivity contribution in [1.82, 2.24) is 10.6 Å². The van der Waals surface area contributed by atoms with Gasteiger partial charge in [-0.2, -0.15) is 0 Å². The molecular formula is C19H29ClN2O4. The van der Waals surface area contributed by atoms with Crippen molar-refractivity contribution in [2.45, 2.75) is 31.8 Å². The fourth-order valence-electron chi connectivity index (χ4n) is 3.26. The third-order valence-corrected chi connectivity index (χ3v) is 4.82. The van der Waals surface area contributed by atoms with Crippen LogP contribution < -0.4 is 10.6 Å². The number of hydrogen-bond acceptors (Lipinski definition) is 5. The third kappa shape index (κ3) is 5.69. The van der Waals surface area contributed by atoms with E-state index in [1.54, 1.807) is 7.11 Å². The molecule has 146 valence electrons. The summed E-state index contributed by atoms with van der Waals surface area (Å²) in [6.07, 6.45) is 1.77. The summed E-state index contributed by atoms with van der Waals surface area (Å²) in [5.74, 6) is -0.903. The van der Waals surface area contributed by atoms with Gasteiger partial charge in [0.15, 0.2) is 0 Å². The first-order valence-electron chi connectivity index (χ1n) is 8.68. The molecule has 1 amide bonds. The Kier molecular flexibility index (Phi) is 9.05. The number of hydrogen-bond donors (Lipinski definition) is 2. The van der Waals surface area contributed by atoms with Crippen molar-refractivity contribution >= 4 is 24.3 Å². The molecule has 26 heavy (non-hydrogen) atoms. The molecule has 2 rings (SSSR count). The third-order valence-electron chi connectivity index (χ3n) is 4.82. The van der Waals surface area contributed by atoms with Crippen molar-refractivity contribution in [3.05, 3.63) is 35.4 Å². The highest BCUT2D eigenvalue weighted by molar-refractivity contribution is 5.86. The first-order chi connectivity index (χ1) is 12.0. The van der Waals surface area contributed by atoms with Gasteiger partial charge in [-0.3, -0.25) is 9.59 Å². The Balaban J connectivity index is 0.00000338. The minimum Gasteiger partial charge on any atom is -0.469 e. The summed E-state index contributed by atoms with van der Waals surface area (Å²) in [5.41, 5.74) is 1.38. The predicted molar refractivity (Wildman–Crippen MR) is 102 cm³/mol. The zero-order valence-corrected chi connectivity index (χ0v) is 16.5. The predicted octanol–water partition coefficient (Wildman–Crippen LogP) is 1.63. The maximum atomic E-state index is 12.7. The van der Waals surface area contributed by atoms with Gasteiger partial charge in [-0.25, -0.2) is 0 Å². The molecule has 1 atom stereocenters. The minimum atomic E-state index is -0.810. The number of esters is 1. The topological polar surface area (TPSA) is 76.7 Å². The fourth-order valence-corrected chi connectivity index (χ4v) is 3.26. The standard InChI is InChI=1S/C19H28N2O4.ClH/c1-14-5-4-6-15(11-14)12-16(17(22)24-2)13-21-18(23)19(25-3)7-9-20-10-8-19;/h4-6,11,16,20H,7-10,12-13H2,1-3H3,(H,21,23);1H. The zero-order valence-electron chi connectivity index (χ0n) is 15.7. The zero-order chi connectivity index (χ0) is 18.3. The molecular weight excluding hydrogens is 356 g/mol. The Labute approximate surface area is 161 Å². The van der Waals surface area contributed by atoms with Crippen LogP contribution in [0.15, 0.2) is 24.3 Å². The molecule has 1 fully saturated rings. The average molecular weight is 385 g/mol. The molecule has 0 spiro atoms. The van der Waals surface area contributed by atoms with Crippen LogP contribution in [0, 0.1) is 12.8 Å². The van der Waals surface area contributed by atoms with Crippen molar-refractivity contribution in [2.75, 3.05) is 33.9 Å². The van der Waals surface area contributed by atoms with Gasteiger partial charge < -0.3 is 20.1 Å². The molecule has 1 aliphatic rings. The first kappa shape index (κ1) is 22.4. The molecule has 1 aromatic rings. The van der Waals surface area contributed by atoms with Gasteiger partial charge in [0.25, 0.3) is 5.91 Å². The monoisotopic (exact) mass is 384 g/mol. The molecule has 0 radical (unpaired) electrons. The van der Waals surface area contributed by atoms with Gasteiger partial charge in [-0.1, -0.05) is 29.8 Å². The lowest BCUT2D eigenvalue weighted by Crippen LogP contribution is -2.55. The second-order valence-electron chi connectivity index (χ2n) is 6.57. The summed E-state index contributed by atoms with van der Waals surface area (Å²) in [6, 6.07) is 8.00. The summed E-state index contributed by atoms with van der Waals surface area (Å²) in [4.78, 5) is 24.8. The van der Waals surface area contributed by atoms with Gasteiger partial charge in [-0.15, -0.1) is 12.4 Å². The van der Waals surface area contributed by atoms with E-state index in [2.05, 4.69) is 10.6 Å². The van der Waals surface area contributed by atoms with Crippen molar-refractivity contribution in [3.8, 4) is 0 Å². The highest BCUT2D eigenvalue weighted by Crippen LogP contribution is 2.23. The van der Waals surface area contributed by atoms with E-state index in [0.717, 1.165) is 24.2 Å². The smallest absolute Gasteiger partial charge is 0.310 e. The Morgan fingerprint density at radius 1 is 1.27 bits per heavy atom. The maximum absolute atomic E-state index is 12.7. The van der Waals surface area contributed by atoms with Crippen LogP contribution in [0.3, 0.4) is 0 Å². The number of ether oxygens (including phenoxy) is 2. The van der Waals surface area contributed by atoms with Crippen LogP contribution in [-0.4, -0.2) is 51.3 Å². The molecule has 0 bridgehead atoms. The van der Waals surface area contributed by atoms with E-state index in [0.29, 0.717) is 19.3 Å². The van der Waals surface area contributed by atoms with Crippen molar-refractivity contribution in [2.24, 2.45) is 5.92 Å². The molecule has 1 heterocycles. The van der Waals surface area contributed by atoms with E-state index in [9.17, 15) is 9.59 Å². The molecule has 0 aromatic heterocycles. The van der Waals surface area contributed by atoms with Crippen LogP contribution in [0.1, 0.15) is 24.0 Å². The lowest BCUT2D eigenvalue weighted by molar-refractivity contribution is -0.149. The summed E-state index contributed by atoms with van der Waals surface area (Å²) >= 11 is 0. The van der Waals surface area contributed by atoms with Crippen LogP contribution in [0.25, 0.3) is 0 Å². The van der Waals surface area contributed by atoms with Crippen LogP contribution in [-0.2, 0) is 25.5 Å². The Hall–Kier alpha value is -1.63. The number of halogens is 1. The number of nitrogens with one attached hydrogen (secondary N) is 2. The highest BCUT2D eigenvalue weighted by Gasteiger charge is 2.40. The molecule has 1 saturated heterocycles. The van der Waals surface area contributed by atoms with E-state index in [-0.39, 0.29) is 30.8 Å². The number of carbonyl (C=O) groups excluding carboxylic acids is 2. The Morgan fingerprint density at radius 2 is 1.96 bits per heavy atom. The fraction of sp³-hybridized carbons (Fsp3) is 0.579. The summed E-state index contributed by atoms with van der Waals surface area (Å²) in [7, 11) is 2.94. The number of aryl methyl sites for hydroxylation is 1. The van der Waals surface area contributed by atoms with Crippen molar-refractivity contribution < 1.29 is 19.1 Å². The van der Waals surface area contributed by atoms with Crippen molar-refractivity contribution in [3.63, 3.8) is 0 Å². The number of amides is 1. The van der Waals surface area contributed by atoms with Crippen LogP contribution in [0.5, 0.6) is 0 Å². The minimum absolute atomic E-state index is 0. The average Bonchev–Trinajstić information content (AvgIpc) is 2.64. The molecule has 7 heteroatoms. The SMILES string of the molecule is COC(=O)C(CNC(=O)C1(OC)CCNCC1)Cc1cccc(C)c1.Cl. The normalized spacial score (nSPS) is 16.9. The molecule has 6 nitrogen and oxygen atoms in total. The number of carbonyl (C=O) groups is 2. The largest absolute Gasteiger partial charge is 0.469 e. The second-order valence-corrected chi connectivity index (χ2v) is 6.57. The van der Waals surface area contributed by atoms with Crippen LogP contribution in [0.4, 0.5) is 0 Å². The second kappa shape index (κ2) is 10.5. The van der Waals surface area contributed by atoms with Gasteiger partial charge in [0.2, 0.25) is 0 Å². The molecule has 1 aromatic carbocycles.